The maximum absolute atomic E-state index is 5.07. The SMILES string of the molecule is COCCC(C)(C)CNc1ncccn1. The highest BCUT2D eigenvalue weighted by Gasteiger charge is 2.17. The number of methoxy groups -OCH3 is 1. The van der Waals surface area contributed by atoms with Crippen molar-refractivity contribution in [1.82, 2.24) is 9.97 Å². The van der Waals surface area contributed by atoms with E-state index in [1.165, 1.54) is 0 Å². The normalized spacial score (nSPS) is 11.4. The lowest BCUT2D eigenvalue weighted by atomic mass is 9.90. The molecule has 0 fully saturated rings. The summed E-state index contributed by atoms with van der Waals surface area (Å²) in [4.78, 5) is 8.22. The fourth-order valence-electron chi connectivity index (χ4n) is 1.18. The van der Waals surface area contributed by atoms with Gasteiger partial charge in [-0.25, -0.2) is 9.97 Å². The Labute approximate surface area is 91.1 Å². The lowest BCUT2D eigenvalue weighted by Crippen LogP contribution is -2.25. The number of aromatic nitrogens is 2. The molecule has 0 aliphatic carbocycles. The van der Waals surface area contributed by atoms with Crippen LogP contribution in [0, 0.1) is 5.41 Å². The zero-order chi connectivity index (χ0) is 11.1. The van der Waals surface area contributed by atoms with Crippen molar-refractivity contribution in [3.8, 4) is 0 Å². The number of hydrogen-bond acceptors (Lipinski definition) is 4. The van der Waals surface area contributed by atoms with Gasteiger partial charge in [0.15, 0.2) is 0 Å². The van der Waals surface area contributed by atoms with Gasteiger partial charge in [-0.2, -0.15) is 0 Å². The first-order chi connectivity index (χ1) is 7.14. The molecule has 1 N–H and O–H groups in total. The predicted molar refractivity (Wildman–Crippen MR) is 60.8 cm³/mol. The molecule has 0 saturated heterocycles. The molecule has 0 spiro atoms. The van der Waals surface area contributed by atoms with Crippen molar-refractivity contribution in [2.24, 2.45) is 5.41 Å². The van der Waals surface area contributed by atoms with Gasteiger partial charge in [0.25, 0.3) is 0 Å². The van der Waals surface area contributed by atoms with Crippen LogP contribution >= 0.6 is 0 Å². The number of anilines is 1. The largest absolute Gasteiger partial charge is 0.385 e. The van der Waals surface area contributed by atoms with E-state index in [1.54, 1.807) is 25.6 Å². The van der Waals surface area contributed by atoms with Gasteiger partial charge >= 0.3 is 0 Å². The van der Waals surface area contributed by atoms with Crippen LogP contribution in [-0.4, -0.2) is 30.2 Å². The molecule has 1 aromatic heterocycles. The van der Waals surface area contributed by atoms with Gasteiger partial charge < -0.3 is 10.1 Å². The van der Waals surface area contributed by atoms with Gasteiger partial charge in [-0.05, 0) is 17.9 Å². The molecule has 0 aliphatic rings. The molecule has 0 bridgehead atoms. The van der Waals surface area contributed by atoms with Gasteiger partial charge in [0.1, 0.15) is 0 Å². The molecule has 4 nitrogen and oxygen atoms in total. The van der Waals surface area contributed by atoms with Crippen molar-refractivity contribution in [2.75, 3.05) is 25.6 Å². The summed E-state index contributed by atoms with van der Waals surface area (Å²) in [5, 5.41) is 3.22. The fraction of sp³-hybridized carbons (Fsp3) is 0.636. The lowest BCUT2D eigenvalue weighted by molar-refractivity contribution is 0.157. The Balaban J connectivity index is 2.35. The third-order valence-electron chi connectivity index (χ3n) is 2.27. The molecule has 0 saturated carbocycles. The molecule has 0 radical (unpaired) electrons. The number of rotatable bonds is 6. The Hall–Kier alpha value is -1.16. The molecule has 0 aromatic carbocycles. The average molecular weight is 209 g/mol. The second kappa shape index (κ2) is 5.66. The first-order valence-electron chi connectivity index (χ1n) is 5.14. The predicted octanol–water partition coefficient (Wildman–Crippen LogP) is 1.95. The van der Waals surface area contributed by atoms with Gasteiger partial charge in [-0.1, -0.05) is 13.8 Å². The third-order valence-corrected chi connectivity index (χ3v) is 2.27. The first kappa shape index (κ1) is 11.9. The molecule has 15 heavy (non-hydrogen) atoms. The Morgan fingerprint density at radius 1 is 1.33 bits per heavy atom. The van der Waals surface area contributed by atoms with Crippen LogP contribution in [0.2, 0.25) is 0 Å². The summed E-state index contributed by atoms with van der Waals surface area (Å²) in [7, 11) is 1.73. The van der Waals surface area contributed by atoms with Crippen molar-refractivity contribution in [2.45, 2.75) is 20.3 Å². The molecule has 0 amide bonds. The molecular weight excluding hydrogens is 190 g/mol. The van der Waals surface area contributed by atoms with Crippen LogP contribution in [-0.2, 0) is 4.74 Å². The summed E-state index contributed by atoms with van der Waals surface area (Å²) in [6.07, 6.45) is 4.48. The highest BCUT2D eigenvalue weighted by molar-refractivity contribution is 5.22. The topological polar surface area (TPSA) is 47.0 Å². The van der Waals surface area contributed by atoms with E-state index in [0.29, 0.717) is 5.95 Å². The molecular formula is C11H19N3O. The van der Waals surface area contributed by atoms with Crippen LogP contribution < -0.4 is 5.32 Å². The van der Waals surface area contributed by atoms with E-state index in [1.807, 2.05) is 0 Å². The Morgan fingerprint density at radius 2 is 2.00 bits per heavy atom. The summed E-state index contributed by atoms with van der Waals surface area (Å²) in [6, 6.07) is 1.81. The zero-order valence-corrected chi connectivity index (χ0v) is 9.66. The average Bonchev–Trinajstić information content (AvgIpc) is 2.25. The number of ether oxygens (including phenoxy) is 1. The second-order valence-corrected chi connectivity index (χ2v) is 4.33. The van der Waals surface area contributed by atoms with Crippen LogP contribution in [0.15, 0.2) is 18.5 Å². The minimum Gasteiger partial charge on any atom is -0.385 e. The van der Waals surface area contributed by atoms with Crippen LogP contribution in [0.5, 0.6) is 0 Å². The number of hydrogen-bond donors (Lipinski definition) is 1. The van der Waals surface area contributed by atoms with Crippen LogP contribution in [0.3, 0.4) is 0 Å². The summed E-state index contributed by atoms with van der Waals surface area (Å²) >= 11 is 0. The van der Waals surface area contributed by atoms with Gasteiger partial charge in [0, 0.05) is 32.7 Å². The Bertz CT molecular complexity index is 274. The Morgan fingerprint density at radius 3 is 2.60 bits per heavy atom. The highest BCUT2D eigenvalue weighted by atomic mass is 16.5. The van der Waals surface area contributed by atoms with E-state index in [4.69, 9.17) is 4.74 Å². The van der Waals surface area contributed by atoms with Gasteiger partial charge in [-0.15, -0.1) is 0 Å². The van der Waals surface area contributed by atoms with Gasteiger partial charge in [0.2, 0.25) is 5.95 Å². The molecule has 4 heteroatoms. The van der Waals surface area contributed by atoms with E-state index >= 15 is 0 Å². The smallest absolute Gasteiger partial charge is 0.222 e. The molecule has 0 aliphatic heterocycles. The van der Waals surface area contributed by atoms with E-state index < -0.39 is 0 Å². The summed E-state index contributed by atoms with van der Waals surface area (Å²) in [6.45, 7) is 6.02. The maximum atomic E-state index is 5.07. The quantitative estimate of drug-likeness (QED) is 0.778. The van der Waals surface area contributed by atoms with Crippen molar-refractivity contribution in [1.29, 1.82) is 0 Å². The van der Waals surface area contributed by atoms with Crippen LogP contribution in [0.4, 0.5) is 5.95 Å². The molecule has 1 aromatic rings. The molecule has 0 atom stereocenters. The highest BCUT2D eigenvalue weighted by Crippen LogP contribution is 2.20. The zero-order valence-electron chi connectivity index (χ0n) is 9.66. The van der Waals surface area contributed by atoms with E-state index in [9.17, 15) is 0 Å². The standard InChI is InChI=1S/C11H19N3O/c1-11(2,5-8-15-3)9-14-10-12-6-4-7-13-10/h4,6-7H,5,8-9H2,1-3H3,(H,12,13,14). The number of nitrogens with zero attached hydrogens (tertiary/aromatic N) is 2. The van der Waals surface area contributed by atoms with Gasteiger partial charge in [0.05, 0.1) is 0 Å². The van der Waals surface area contributed by atoms with Crippen molar-refractivity contribution < 1.29 is 4.74 Å². The van der Waals surface area contributed by atoms with Gasteiger partial charge in [-0.3, -0.25) is 0 Å². The third kappa shape index (κ3) is 4.74. The second-order valence-electron chi connectivity index (χ2n) is 4.33. The fourth-order valence-corrected chi connectivity index (χ4v) is 1.18. The first-order valence-corrected chi connectivity index (χ1v) is 5.14. The van der Waals surface area contributed by atoms with Crippen molar-refractivity contribution >= 4 is 5.95 Å². The number of nitrogens with one attached hydrogen (secondary N) is 1. The summed E-state index contributed by atoms with van der Waals surface area (Å²) in [5.74, 6) is 0.683. The van der Waals surface area contributed by atoms with Crippen LogP contribution in [0.25, 0.3) is 0 Å². The minimum absolute atomic E-state index is 0.190. The van der Waals surface area contributed by atoms with Crippen LogP contribution in [0.1, 0.15) is 20.3 Å². The summed E-state index contributed by atoms with van der Waals surface area (Å²) < 4.78 is 5.07. The van der Waals surface area contributed by atoms with E-state index in [0.717, 1.165) is 19.6 Å². The van der Waals surface area contributed by atoms with Crippen molar-refractivity contribution in [3.63, 3.8) is 0 Å². The van der Waals surface area contributed by atoms with E-state index in [2.05, 4.69) is 29.1 Å². The van der Waals surface area contributed by atoms with E-state index in [-0.39, 0.29) is 5.41 Å². The Kier molecular flexibility index (Phi) is 4.49. The molecule has 0 unspecified atom stereocenters. The lowest BCUT2D eigenvalue weighted by Gasteiger charge is -2.24. The summed E-state index contributed by atoms with van der Waals surface area (Å²) in [5.41, 5.74) is 0.190. The molecule has 84 valence electrons. The minimum atomic E-state index is 0.190. The molecule has 1 rings (SSSR count). The maximum Gasteiger partial charge on any atom is 0.222 e. The monoisotopic (exact) mass is 209 g/mol. The van der Waals surface area contributed by atoms with Crippen molar-refractivity contribution in [3.05, 3.63) is 18.5 Å². The molecule has 1 heterocycles.